The van der Waals surface area contributed by atoms with Crippen molar-refractivity contribution in [2.45, 2.75) is 36.2 Å². The highest BCUT2D eigenvalue weighted by Gasteiger charge is 2.37. The standard InChI is InChI=1S/C22H25N5O3S/c1-4-5-18-24-25-22-27(18)26-19(14-6-10-16(29-2)11-7-14)20(31-22)21(28)23-15-8-12-17(30-3)13-9-15/h6-13,19-20,26H,4-5H2,1-3H3,(H,23,28)/t19-,20-/m1/s1. The number of anilines is 1. The average Bonchev–Trinajstić information content (AvgIpc) is 3.21. The van der Waals surface area contributed by atoms with Gasteiger partial charge in [-0.3, -0.25) is 4.79 Å². The molecule has 8 nitrogen and oxygen atoms in total. The van der Waals surface area contributed by atoms with E-state index >= 15 is 0 Å². The van der Waals surface area contributed by atoms with Gasteiger partial charge in [0.2, 0.25) is 11.1 Å². The molecule has 31 heavy (non-hydrogen) atoms. The first-order chi connectivity index (χ1) is 15.1. The fourth-order valence-corrected chi connectivity index (χ4v) is 4.53. The molecule has 1 aromatic heterocycles. The van der Waals surface area contributed by atoms with Crippen molar-refractivity contribution >= 4 is 23.4 Å². The summed E-state index contributed by atoms with van der Waals surface area (Å²) in [5.41, 5.74) is 5.15. The van der Waals surface area contributed by atoms with E-state index in [4.69, 9.17) is 9.47 Å². The van der Waals surface area contributed by atoms with Crippen LogP contribution in [-0.2, 0) is 11.2 Å². The summed E-state index contributed by atoms with van der Waals surface area (Å²) in [6.07, 6.45) is 1.76. The molecule has 162 valence electrons. The molecule has 2 aromatic carbocycles. The largest absolute Gasteiger partial charge is 0.497 e. The zero-order chi connectivity index (χ0) is 21.8. The molecule has 9 heteroatoms. The molecular formula is C22H25N5O3S. The maximum atomic E-state index is 13.3. The predicted octanol–water partition coefficient (Wildman–Crippen LogP) is 3.65. The molecule has 2 atom stereocenters. The van der Waals surface area contributed by atoms with Crippen LogP contribution in [0.2, 0.25) is 0 Å². The lowest BCUT2D eigenvalue weighted by Crippen LogP contribution is -2.41. The molecule has 0 spiro atoms. The van der Waals surface area contributed by atoms with Gasteiger partial charge in [0.05, 0.1) is 20.3 Å². The van der Waals surface area contributed by atoms with E-state index < -0.39 is 5.25 Å². The summed E-state index contributed by atoms with van der Waals surface area (Å²) in [7, 11) is 3.25. The number of benzene rings is 2. The van der Waals surface area contributed by atoms with Gasteiger partial charge in [-0.2, -0.15) is 0 Å². The van der Waals surface area contributed by atoms with Crippen LogP contribution < -0.4 is 20.2 Å². The Morgan fingerprint density at radius 2 is 1.71 bits per heavy atom. The van der Waals surface area contributed by atoms with Crippen LogP contribution >= 0.6 is 11.8 Å². The van der Waals surface area contributed by atoms with Crippen molar-refractivity contribution in [2.24, 2.45) is 0 Å². The quantitative estimate of drug-likeness (QED) is 0.581. The third-order valence-electron chi connectivity index (χ3n) is 5.07. The number of carbonyl (C=O) groups excluding carboxylic acids is 1. The molecule has 0 unspecified atom stereocenters. The number of thioether (sulfide) groups is 1. The van der Waals surface area contributed by atoms with Crippen molar-refractivity contribution in [3.05, 3.63) is 59.9 Å². The molecule has 0 saturated heterocycles. The van der Waals surface area contributed by atoms with Crippen LogP contribution in [0, 0.1) is 0 Å². The van der Waals surface area contributed by atoms with E-state index in [9.17, 15) is 4.79 Å². The molecular weight excluding hydrogens is 414 g/mol. The lowest BCUT2D eigenvalue weighted by atomic mass is 10.0. The second-order valence-electron chi connectivity index (χ2n) is 7.12. The summed E-state index contributed by atoms with van der Waals surface area (Å²) in [6, 6.07) is 14.7. The van der Waals surface area contributed by atoms with E-state index in [1.54, 1.807) is 14.2 Å². The fourth-order valence-electron chi connectivity index (χ4n) is 3.43. The second-order valence-corrected chi connectivity index (χ2v) is 8.23. The molecule has 3 aromatic rings. The van der Waals surface area contributed by atoms with Crippen molar-refractivity contribution in [3.8, 4) is 11.5 Å². The maximum absolute atomic E-state index is 13.3. The topological polar surface area (TPSA) is 90.3 Å². The van der Waals surface area contributed by atoms with Crippen molar-refractivity contribution < 1.29 is 14.3 Å². The van der Waals surface area contributed by atoms with Gasteiger partial charge in [-0.25, -0.2) is 4.68 Å². The van der Waals surface area contributed by atoms with Crippen LogP contribution in [0.5, 0.6) is 11.5 Å². The third-order valence-corrected chi connectivity index (χ3v) is 6.28. The maximum Gasteiger partial charge on any atom is 0.240 e. The van der Waals surface area contributed by atoms with Crippen LogP contribution in [0.1, 0.15) is 30.8 Å². The summed E-state index contributed by atoms with van der Waals surface area (Å²) in [5.74, 6) is 2.25. The minimum atomic E-state index is -0.443. The molecule has 0 fully saturated rings. The van der Waals surface area contributed by atoms with Crippen LogP contribution in [0.3, 0.4) is 0 Å². The van der Waals surface area contributed by atoms with E-state index in [-0.39, 0.29) is 11.9 Å². The number of nitrogens with zero attached hydrogens (tertiary/aromatic N) is 3. The highest BCUT2D eigenvalue weighted by Crippen LogP contribution is 2.38. The summed E-state index contributed by atoms with van der Waals surface area (Å²) in [5, 5.41) is 11.8. The number of methoxy groups -OCH3 is 2. The molecule has 0 aliphatic carbocycles. The summed E-state index contributed by atoms with van der Waals surface area (Å²) >= 11 is 1.41. The van der Waals surface area contributed by atoms with Gasteiger partial charge in [0.25, 0.3) is 0 Å². The Labute approximate surface area is 185 Å². The molecule has 0 saturated carbocycles. The van der Waals surface area contributed by atoms with E-state index in [1.165, 1.54) is 11.8 Å². The molecule has 4 rings (SSSR count). The predicted molar refractivity (Wildman–Crippen MR) is 120 cm³/mol. The van der Waals surface area contributed by atoms with Crippen LogP contribution in [0.4, 0.5) is 5.69 Å². The van der Waals surface area contributed by atoms with Gasteiger partial charge < -0.3 is 20.2 Å². The number of fused-ring (bicyclic) bond motifs is 1. The van der Waals surface area contributed by atoms with Crippen molar-refractivity contribution in [1.82, 2.24) is 14.9 Å². The first kappa shape index (κ1) is 21.0. The summed E-state index contributed by atoms with van der Waals surface area (Å²) in [4.78, 5) is 13.3. The number of rotatable bonds is 7. The van der Waals surface area contributed by atoms with Gasteiger partial charge >= 0.3 is 0 Å². The lowest BCUT2D eigenvalue weighted by Gasteiger charge is -2.33. The van der Waals surface area contributed by atoms with Crippen molar-refractivity contribution in [2.75, 3.05) is 25.0 Å². The van der Waals surface area contributed by atoms with Gasteiger partial charge in [-0.1, -0.05) is 30.8 Å². The lowest BCUT2D eigenvalue weighted by molar-refractivity contribution is -0.116. The molecule has 1 amide bonds. The highest BCUT2D eigenvalue weighted by molar-refractivity contribution is 8.00. The van der Waals surface area contributed by atoms with Crippen molar-refractivity contribution in [1.29, 1.82) is 0 Å². The van der Waals surface area contributed by atoms with Crippen molar-refractivity contribution in [3.63, 3.8) is 0 Å². The van der Waals surface area contributed by atoms with Gasteiger partial charge in [0.1, 0.15) is 16.7 Å². The number of carbonyl (C=O) groups is 1. The molecule has 1 aliphatic rings. The molecule has 0 bridgehead atoms. The zero-order valence-corrected chi connectivity index (χ0v) is 18.5. The molecule has 1 aliphatic heterocycles. The number of hydrogen-bond acceptors (Lipinski definition) is 7. The number of ether oxygens (including phenoxy) is 2. The summed E-state index contributed by atoms with van der Waals surface area (Å²) < 4.78 is 12.4. The molecule has 2 heterocycles. The number of aromatic nitrogens is 3. The van der Waals surface area contributed by atoms with Crippen LogP contribution in [0.15, 0.2) is 53.7 Å². The Hall–Kier alpha value is -3.20. The van der Waals surface area contributed by atoms with Crippen LogP contribution in [-0.4, -0.2) is 40.3 Å². The minimum Gasteiger partial charge on any atom is -0.497 e. The minimum absolute atomic E-state index is 0.116. The van der Waals surface area contributed by atoms with E-state index in [2.05, 4.69) is 27.9 Å². The Kier molecular flexibility index (Phi) is 6.31. The fraction of sp³-hybridized carbons (Fsp3) is 0.318. The Morgan fingerprint density at radius 1 is 1.06 bits per heavy atom. The van der Waals surface area contributed by atoms with Gasteiger partial charge in [0.15, 0.2) is 5.82 Å². The highest BCUT2D eigenvalue weighted by atomic mass is 32.2. The van der Waals surface area contributed by atoms with Gasteiger partial charge in [-0.15, -0.1) is 10.2 Å². The van der Waals surface area contributed by atoms with Crippen LogP contribution in [0.25, 0.3) is 0 Å². The van der Waals surface area contributed by atoms with Gasteiger partial charge in [-0.05, 0) is 48.4 Å². The molecule has 0 radical (unpaired) electrons. The van der Waals surface area contributed by atoms with Gasteiger partial charge in [0, 0.05) is 12.1 Å². The summed E-state index contributed by atoms with van der Waals surface area (Å²) in [6.45, 7) is 2.10. The zero-order valence-electron chi connectivity index (χ0n) is 17.7. The Balaban J connectivity index is 1.63. The second kappa shape index (κ2) is 9.30. The Morgan fingerprint density at radius 3 is 2.32 bits per heavy atom. The first-order valence-corrected chi connectivity index (χ1v) is 11.0. The number of aryl methyl sites for hydroxylation is 1. The SMILES string of the molecule is CCCc1nnc2n1N[C@H](c1ccc(OC)cc1)[C@H](C(=O)Nc1ccc(OC)cc1)S2. The third kappa shape index (κ3) is 4.46. The molecule has 2 N–H and O–H groups in total. The smallest absolute Gasteiger partial charge is 0.240 e. The Bertz CT molecular complexity index is 1040. The normalized spacial score (nSPS) is 17.4. The van der Waals surface area contributed by atoms with E-state index in [0.717, 1.165) is 35.7 Å². The average molecular weight is 440 g/mol. The number of amides is 1. The number of hydrogen-bond donors (Lipinski definition) is 2. The first-order valence-electron chi connectivity index (χ1n) is 10.1. The number of nitrogens with one attached hydrogen (secondary N) is 2. The van der Waals surface area contributed by atoms with E-state index in [0.29, 0.717) is 10.8 Å². The van der Waals surface area contributed by atoms with E-state index in [1.807, 2.05) is 53.2 Å². The monoisotopic (exact) mass is 439 g/mol.